The van der Waals surface area contributed by atoms with Crippen LogP contribution in [0.25, 0.3) is 0 Å². The number of hydrogen-bond donors (Lipinski definition) is 1. The summed E-state index contributed by atoms with van der Waals surface area (Å²) in [6, 6.07) is 15.2. The monoisotopic (exact) mass is 303 g/mol. The highest BCUT2D eigenvalue weighted by Gasteiger charge is 2.12. The number of aryl methyl sites for hydroxylation is 3. The highest BCUT2D eigenvalue weighted by atomic mass is 32.2. The zero-order valence-corrected chi connectivity index (χ0v) is 13.3. The van der Waals surface area contributed by atoms with Gasteiger partial charge in [0.1, 0.15) is 0 Å². The van der Waals surface area contributed by atoms with Crippen LogP contribution in [-0.4, -0.2) is 15.0 Å². The first-order chi connectivity index (χ1) is 9.97. The molecule has 0 spiro atoms. The summed E-state index contributed by atoms with van der Waals surface area (Å²) in [5.74, 6) is 0. The Bertz CT molecular complexity index is 691. The second-order valence-corrected chi connectivity index (χ2v) is 7.07. The molecule has 0 aromatic heterocycles. The van der Waals surface area contributed by atoms with E-state index in [2.05, 4.69) is 29.8 Å². The molecule has 4 heteroatoms. The number of sulfonamides is 1. The van der Waals surface area contributed by atoms with Gasteiger partial charge < -0.3 is 0 Å². The van der Waals surface area contributed by atoms with Gasteiger partial charge in [-0.15, -0.1) is 0 Å². The third kappa shape index (κ3) is 4.69. The minimum atomic E-state index is -3.39. The fraction of sp³-hybridized carbons (Fsp3) is 0.294. The first kappa shape index (κ1) is 15.7. The van der Waals surface area contributed by atoms with Crippen molar-refractivity contribution in [2.75, 3.05) is 6.54 Å². The van der Waals surface area contributed by atoms with E-state index in [1.807, 2.05) is 13.0 Å². The lowest BCUT2D eigenvalue weighted by Crippen LogP contribution is -2.25. The van der Waals surface area contributed by atoms with E-state index in [1.54, 1.807) is 24.3 Å². The SMILES string of the molecule is Cc1ccc(S(=O)(=O)NCCCc2cccc(C)c2)cc1. The smallest absolute Gasteiger partial charge is 0.211 e. The minimum absolute atomic E-state index is 0.323. The predicted octanol–water partition coefficient (Wildman–Crippen LogP) is 3.21. The van der Waals surface area contributed by atoms with Crippen molar-refractivity contribution >= 4 is 10.0 Å². The van der Waals surface area contributed by atoms with Gasteiger partial charge in [-0.25, -0.2) is 13.1 Å². The van der Waals surface area contributed by atoms with Crippen LogP contribution in [0.2, 0.25) is 0 Å². The molecule has 0 heterocycles. The molecule has 21 heavy (non-hydrogen) atoms. The number of rotatable bonds is 6. The molecule has 1 N–H and O–H groups in total. The van der Waals surface area contributed by atoms with Gasteiger partial charge in [-0.1, -0.05) is 47.5 Å². The van der Waals surface area contributed by atoms with Crippen molar-refractivity contribution < 1.29 is 8.42 Å². The van der Waals surface area contributed by atoms with Gasteiger partial charge in [-0.3, -0.25) is 0 Å². The first-order valence-corrected chi connectivity index (χ1v) is 8.57. The molecular formula is C17H21NO2S. The predicted molar refractivity (Wildman–Crippen MR) is 85.9 cm³/mol. The van der Waals surface area contributed by atoms with Crippen LogP contribution in [0, 0.1) is 13.8 Å². The highest BCUT2D eigenvalue weighted by Crippen LogP contribution is 2.10. The fourth-order valence-corrected chi connectivity index (χ4v) is 3.24. The number of nitrogens with one attached hydrogen (secondary N) is 1. The molecule has 2 aromatic rings. The Morgan fingerprint density at radius 2 is 1.67 bits per heavy atom. The van der Waals surface area contributed by atoms with Crippen LogP contribution in [-0.2, 0) is 16.4 Å². The van der Waals surface area contributed by atoms with Gasteiger partial charge >= 0.3 is 0 Å². The summed E-state index contributed by atoms with van der Waals surface area (Å²) in [5.41, 5.74) is 3.52. The standard InChI is InChI=1S/C17H21NO2S/c1-14-8-10-17(11-9-14)21(19,20)18-12-4-7-16-6-3-5-15(2)13-16/h3,5-6,8-11,13,18H,4,7,12H2,1-2H3. The van der Waals surface area contributed by atoms with Gasteiger partial charge in [0.2, 0.25) is 10.0 Å². The Labute approximate surface area is 127 Å². The molecule has 0 aliphatic carbocycles. The molecule has 112 valence electrons. The van der Waals surface area contributed by atoms with Crippen molar-refractivity contribution in [2.24, 2.45) is 0 Å². The molecule has 0 bridgehead atoms. The molecule has 0 unspecified atom stereocenters. The van der Waals surface area contributed by atoms with Crippen LogP contribution in [0.1, 0.15) is 23.1 Å². The van der Waals surface area contributed by atoms with E-state index >= 15 is 0 Å². The average molecular weight is 303 g/mol. The van der Waals surface area contributed by atoms with Crippen LogP contribution >= 0.6 is 0 Å². The van der Waals surface area contributed by atoms with Gasteiger partial charge in [0, 0.05) is 6.54 Å². The maximum atomic E-state index is 12.1. The van der Waals surface area contributed by atoms with E-state index in [4.69, 9.17) is 0 Å². The van der Waals surface area contributed by atoms with Crippen molar-refractivity contribution in [2.45, 2.75) is 31.6 Å². The molecule has 0 aliphatic heterocycles. The Kier molecular flexibility index (Phi) is 5.15. The first-order valence-electron chi connectivity index (χ1n) is 7.09. The average Bonchev–Trinajstić information content (AvgIpc) is 2.44. The summed E-state index contributed by atoms with van der Waals surface area (Å²) in [6.45, 7) is 4.44. The van der Waals surface area contributed by atoms with Crippen molar-refractivity contribution in [3.8, 4) is 0 Å². The van der Waals surface area contributed by atoms with E-state index in [0.29, 0.717) is 11.4 Å². The fourth-order valence-electron chi connectivity index (χ4n) is 2.17. The molecule has 0 fully saturated rings. The third-order valence-electron chi connectivity index (χ3n) is 3.35. The van der Waals surface area contributed by atoms with Crippen LogP contribution in [0.3, 0.4) is 0 Å². The van der Waals surface area contributed by atoms with E-state index in [1.165, 1.54) is 11.1 Å². The van der Waals surface area contributed by atoms with Crippen LogP contribution in [0.5, 0.6) is 0 Å². The molecule has 0 radical (unpaired) electrons. The van der Waals surface area contributed by atoms with Crippen molar-refractivity contribution in [3.63, 3.8) is 0 Å². The van der Waals surface area contributed by atoms with E-state index in [-0.39, 0.29) is 0 Å². The van der Waals surface area contributed by atoms with Crippen molar-refractivity contribution in [1.29, 1.82) is 0 Å². The van der Waals surface area contributed by atoms with Gasteiger partial charge in [-0.05, 0) is 44.4 Å². The molecule has 0 saturated carbocycles. The topological polar surface area (TPSA) is 46.2 Å². The van der Waals surface area contributed by atoms with E-state index in [9.17, 15) is 8.42 Å². The second kappa shape index (κ2) is 6.87. The largest absolute Gasteiger partial charge is 0.240 e. The van der Waals surface area contributed by atoms with Crippen molar-refractivity contribution in [3.05, 3.63) is 65.2 Å². The van der Waals surface area contributed by atoms with E-state index < -0.39 is 10.0 Å². The molecule has 0 aliphatic rings. The summed E-state index contributed by atoms with van der Waals surface area (Å²) in [4.78, 5) is 0.323. The summed E-state index contributed by atoms with van der Waals surface area (Å²) in [6.07, 6.45) is 1.66. The van der Waals surface area contributed by atoms with Gasteiger partial charge in [-0.2, -0.15) is 0 Å². The third-order valence-corrected chi connectivity index (χ3v) is 4.83. The molecule has 2 aromatic carbocycles. The molecule has 0 atom stereocenters. The van der Waals surface area contributed by atoms with Crippen LogP contribution in [0.4, 0.5) is 0 Å². The summed E-state index contributed by atoms with van der Waals surface area (Å²) in [7, 11) is -3.39. The maximum Gasteiger partial charge on any atom is 0.240 e. The Morgan fingerprint density at radius 1 is 0.952 bits per heavy atom. The Balaban J connectivity index is 1.86. The zero-order valence-electron chi connectivity index (χ0n) is 12.5. The molecule has 2 rings (SSSR count). The highest BCUT2D eigenvalue weighted by molar-refractivity contribution is 7.89. The zero-order chi connectivity index (χ0) is 15.3. The number of hydrogen-bond acceptors (Lipinski definition) is 2. The maximum absolute atomic E-state index is 12.1. The molecular weight excluding hydrogens is 282 g/mol. The molecule has 3 nitrogen and oxygen atoms in total. The van der Waals surface area contributed by atoms with Crippen LogP contribution < -0.4 is 4.72 Å². The van der Waals surface area contributed by atoms with Crippen LogP contribution in [0.15, 0.2) is 53.4 Å². The summed E-state index contributed by atoms with van der Waals surface area (Å²) < 4.78 is 26.8. The van der Waals surface area contributed by atoms with Gasteiger partial charge in [0.25, 0.3) is 0 Å². The summed E-state index contributed by atoms with van der Waals surface area (Å²) in [5, 5.41) is 0. The number of benzene rings is 2. The Morgan fingerprint density at radius 3 is 2.33 bits per heavy atom. The quantitative estimate of drug-likeness (QED) is 0.833. The van der Waals surface area contributed by atoms with Gasteiger partial charge in [0.15, 0.2) is 0 Å². The Hall–Kier alpha value is -1.65. The second-order valence-electron chi connectivity index (χ2n) is 5.30. The summed E-state index contributed by atoms with van der Waals surface area (Å²) >= 11 is 0. The lowest BCUT2D eigenvalue weighted by atomic mass is 10.1. The molecule has 0 saturated heterocycles. The van der Waals surface area contributed by atoms with Gasteiger partial charge in [0.05, 0.1) is 4.90 Å². The lowest BCUT2D eigenvalue weighted by Gasteiger charge is -2.07. The lowest BCUT2D eigenvalue weighted by molar-refractivity contribution is 0.579. The normalized spacial score (nSPS) is 11.5. The van der Waals surface area contributed by atoms with Crippen molar-refractivity contribution in [1.82, 2.24) is 4.72 Å². The minimum Gasteiger partial charge on any atom is -0.211 e. The van der Waals surface area contributed by atoms with E-state index in [0.717, 1.165) is 18.4 Å². The molecule has 0 amide bonds.